The van der Waals surface area contributed by atoms with Gasteiger partial charge in [-0.15, -0.1) is 0 Å². The lowest BCUT2D eigenvalue weighted by atomic mass is 9.79. The first kappa shape index (κ1) is 21.2. The van der Waals surface area contributed by atoms with Crippen LogP contribution in [0.25, 0.3) is 0 Å². The summed E-state index contributed by atoms with van der Waals surface area (Å²) < 4.78 is 0. The molecule has 0 spiro atoms. The minimum Gasteiger partial charge on any atom is -0.0625 e. The number of hydrogen-bond acceptors (Lipinski definition) is 0. The van der Waals surface area contributed by atoms with Crippen molar-refractivity contribution in [3.8, 4) is 0 Å². The maximum absolute atomic E-state index is 2.39. The summed E-state index contributed by atoms with van der Waals surface area (Å²) in [6, 6.07) is 18.2. The van der Waals surface area contributed by atoms with Crippen LogP contribution in [0.15, 0.2) is 48.5 Å². The van der Waals surface area contributed by atoms with Crippen molar-refractivity contribution < 1.29 is 0 Å². The van der Waals surface area contributed by atoms with Crippen LogP contribution in [0.2, 0.25) is 0 Å². The van der Waals surface area contributed by atoms with Crippen molar-refractivity contribution in [2.24, 2.45) is 11.8 Å². The Balaban J connectivity index is 0.000000161. The van der Waals surface area contributed by atoms with Crippen molar-refractivity contribution in [3.05, 3.63) is 70.8 Å². The van der Waals surface area contributed by atoms with Crippen molar-refractivity contribution in [1.82, 2.24) is 0 Å². The number of hydrogen-bond donors (Lipinski definition) is 0. The molecule has 2 aromatic rings. The third-order valence-electron chi connectivity index (χ3n) is 7.05. The van der Waals surface area contributed by atoms with Gasteiger partial charge in [-0.2, -0.15) is 0 Å². The zero-order valence-corrected chi connectivity index (χ0v) is 18.6. The Bertz CT molecular complexity index is 686. The van der Waals surface area contributed by atoms with Crippen LogP contribution in [0, 0.1) is 25.7 Å². The Kier molecular flexibility index (Phi) is 7.77. The van der Waals surface area contributed by atoms with Crippen LogP contribution in [-0.4, -0.2) is 0 Å². The van der Waals surface area contributed by atoms with Crippen molar-refractivity contribution in [2.45, 2.75) is 90.9 Å². The molecule has 0 heterocycles. The highest BCUT2D eigenvalue weighted by Crippen LogP contribution is 2.36. The summed E-state index contributed by atoms with van der Waals surface area (Å²) >= 11 is 0. The summed E-state index contributed by atoms with van der Waals surface area (Å²) in [5.74, 6) is 3.55. The van der Waals surface area contributed by atoms with Gasteiger partial charge in [0.1, 0.15) is 0 Å². The molecule has 2 aliphatic carbocycles. The number of rotatable bonds is 2. The second-order valence-corrected chi connectivity index (χ2v) is 9.75. The van der Waals surface area contributed by atoms with E-state index in [2.05, 4.69) is 76.2 Å². The number of aryl methyl sites for hydroxylation is 2. The Morgan fingerprint density at radius 2 is 1.04 bits per heavy atom. The van der Waals surface area contributed by atoms with E-state index in [9.17, 15) is 0 Å². The molecular formula is C28H40. The van der Waals surface area contributed by atoms with E-state index in [1.165, 1.54) is 62.5 Å². The fraction of sp³-hybridized carbons (Fsp3) is 0.571. The summed E-state index contributed by atoms with van der Waals surface area (Å²) in [5.41, 5.74) is 5.86. The maximum atomic E-state index is 2.39. The van der Waals surface area contributed by atoms with Gasteiger partial charge in [-0.1, -0.05) is 99.2 Å². The van der Waals surface area contributed by atoms with Crippen LogP contribution in [0.3, 0.4) is 0 Å². The average molecular weight is 377 g/mol. The molecule has 2 saturated carbocycles. The van der Waals surface area contributed by atoms with Gasteiger partial charge < -0.3 is 0 Å². The van der Waals surface area contributed by atoms with Gasteiger partial charge in [0.2, 0.25) is 0 Å². The minimum atomic E-state index is 0.833. The van der Waals surface area contributed by atoms with Crippen LogP contribution in [0.1, 0.15) is 99.3 Å². The molecule has 2 aliphatic rings. The molecule has 2 aromatic carbocycles. The second-order valence-electron chi connectivity index (χ2n) is 9.75. The first-order valence-electron chi connectivity index (χ1n) is 11.6. The van der Waals surface area contributed by atoms with Gasteiger partial charge in [0, 0.05) is 0 Å². The fourth-order valence-electron chi connectivity index (χ4n) is 5.01. The summed E-state index contributed by atoms with van der Waals surface area (Å²) in [6.07, 6.45) is 11.3. The molecule has 2 fully saturated rings. The lowest BCUT2D eigenvalue weighted by Crippen LogP contribution is -2.11. The standard InChI is InChI=1S/2C14H20/c1-11-3-7-13(8-4-11)14-9-5-12(2)6-10-14;1-11-6-8-13(9-7-11)14-5-3-4-12(2)10-14/h3-4,7-8,12,14H,5-6,9-10H2,1-2H3;6-9,12,14H,3-5,10H2,1-2H3. The van der Waals surface area contributed by atoms with E-state index in [4.69, 9.17) is 0 Å². The molecule has 28 heavy (non-hydrogen) atoms. The van der Waals surface area contributed by atoms with E-state index in [-0.39, 0.29) is 0 Å². The van der Waals surface area contributed by atoms with Crippen LogP contribution in [0.5, 0.6) is 0 Å². The van der Waals surface area contributed by atoms with Crippen LogP contribution in [-0.2, 0) is 0 Å². The quantitative estimate of drug-likeness (QED) is 0.492. The topological polar surface area (TPSA) is 0 Å². The lowest BCUT2D eigenvalue weighted by Gasteiger charge is -2.27. The molecule has 0 saturated heterocycles. The van der Waals surface area contributed by atoms with Gasteiger partial charge in [0.25, 0.3) is 0 Å². The van der Waals surface area contributed by atoms with E-state index in [1.54, 1.807) is 11.1 Å². The molecule has 2 atom stereocenters. The van der Waals surface area contributed by atoms with Crippen LogP contribution in [0.4, 0.5) is 0 Å². The molecule has 4 rings (SSSR count). The summed E-state index contributed by atoms with van der Waals surface area (Å²) in [4.78, 5) is 0. The van der Waals surface area contributed by atoms with E-state index in [0.29, 0.717) is 0 Å². The van der Waals surface area contributed by atoms with E-state index < -0.39 is 0 Å². The van der Waals surface area contributed by atoms with Gasteiger partial charge in [0.15, 0.2) is 0 Å². The zero-order chi connectivity index (χ0) is 19.9. The Morgan fingerprint density at radius 1 is 0.536 bits per heavy atom. The smallest absolute Gasteiger partial charge is 0.0159 e. The van der Waals surface area contributed by atoms with Crippen molar-refractivity contribution in [2.75, 3.05) is 0 Å². The highest BCUT2D eigenvalue weighted by molar-refractivity contribution is 5.25. The maximum Gasteiger partial charge on any atom is -0.0159 e. The average Bonchev–Trinajstić information content (AvgIpc) is 2.70. The van der Waals surface area contributed by atoms with E-state index in [0.717, 1.165) is 23.7 Å². The van der Waals surface area contributed by atoms with E-state index >= 15 is 0 Å². The third kappa shape index (κ3) is 6.23. The van der Waals surface area contributed by atoms with Crippen LogP contribution < -0.4 is 0 Å². The van der Waals surface area contributed by atoms with Crippen molar-refractivity contribution in [3.63, 3.8) is 0 Å². The SMILES string of the molecule is Cc1ccc(C2CCC(C)CC2)cc1.Cc1ccc(C2CCCC(C)C2)cc1. The zero-order valence-electron chi connectivity index (χ0n) is 18.6. The molecule has 152 valence electrons. The largest absolute Gasteiger partial charge is 0.0625 e. The molecule has 0 N–H and O–H groups in total. The third-order valence-corrected chi connectivity index (χ3v) is 7.05. The molecule has 0 bridgehead atoms. The molecule has 0 radical (unpaired) electrons. The molecular weight excluding hydrogens is 336 g/mol. The lowest BCUT2D eigenvalue weighted by molar-refractivity contribution is 0.344. The highest BCUT2D eigenvalue weighted by atomic mass is 14.3. The molecule has 0 aromatic heterocycles. The fourth-order valence-corrected chi connectivity index (χ4v) is 5.01. The summed E-state index contributed by atoms with van der Waals surface area (Å²) in [7, 11) is 0. The predicted molar refractivity (Wildman–Crippen MR) is 123 cm³/mol. The van der Waals surface area contributed by atoms with Gasteiger partial charge >= 0.3 is 0 Å². The Labute approximate surface area is 173 Å². The van der Waals surface area contributed by atoms with Gasteiger partial charge in [-0.3, -0.25) is 0 Å². The first-order valence-corrected chi connectivity index (χ1v) is 11.6. The van der Waals surface area contributed by atoms with Crippen LogP contribution >= 0.6 is 0 Å². The Morgan fingerprint density at radius 3 is 1.54 bits per heavy atom. The van der Waals surface area contributed by atoms with E-state index in [1.807, 2.05) is 0 Å². The van der Waals surface area contributed by atoms with Crippen molar-refractivity contribution in [1.29, 1.82) is 0 Å². The second kappa shape index (κ2) is 10.3. The van der Waals surface area contributed by atoms with Crippen molar-refractivity contribution >= 4 is 0 Å². The molecule has 0 aliphatic heterocycles. The van der Waals surface area contributed by atoms with Gasteiger partial charge in [-0.25, -0.2) is 0 Å². The monoisotopic (exact) mass is 376 g/mol. The normalized spacial score (nSPS) is 27.6. The predicted octanol–water partition coefficient (Wildman–Crippen LogP) is 8.58. The molecule has 0 amide bonds. The minimum absolute atomic E-state index is 0.833. The summed E-state index contributed by atoms with van der Waals surface area (Å²) in [6.45, 7) is 9.09. The number of benzene rings is 2. The van der Waals surface area contributed by atoms with Gasteiger partial charge in [0.05, 0.1) is 0 Å². The Hall–Kier alpha value is -1.56. The molecule has 0 heteroatoms. The summed E-state index contributed by atoms with van der Waals surface area (Å²) in [5, 5.41) is 0. The molecule has 2 unspecified atom stereocenters. The van der Waals surface area contributed by atoms with Gasteiger partial charge in [-0.05, 0) is 74.3 Å². The highest BCUT2D eigenvalue weighted by Gasteiger charge is 2.20. The molecule has 0 nitrogen and oxygen atoms in total. The first-order chi connectivity index (χ1) is 13.5.